The van der Waals surface area contributed by atoms with Gasteiger partial charge in [-0.25, -0.2) is 13.6 Å². The highest BCUT2D eigenvalue weighted by molar-refractivity contribution is 5.96. The van der Waals surface area contributed by atoms with Crippen LogP contribution < -0.4 is 5.32 Å². The maximum Gasteiger partial charge on any atom is 0.337 e. The van der Waals surface area contributed by atoms with Crippen LogP contribution in [0.3, 0.4) is 0 Å². The van der Waals surface area contributed by atoms with Crippen LogP contribution in [0.15, 0.2) is 60.7 Å². The minimum atomic E-state index is -1.08. The predicted molar refractivity (Wildman–Crippen MR) is 93.2 cm³/mol. The van der Waals surface area contributed by atoms with Crippen LogP contribution in [0.1, 0.15) is 15.9 Å². The SMILES string of the molecule is Cc1cc(F)ccc1-c1ccc(C(=O)O)c(Nc2ccc(F)cc2)c1. The highest BCUT2D eigenvalue weighted by Crippen LogP contribution is 2.30. The molecule has 0 spiro atoms. The van der Waals surface area contributed by atoms with Crippen molar-refractivity contribution in [3.05, 3.63) is 83.4 Å². The zero-order chi connectivity index (χ0) is 18.0. The lowest BCUT2D eigenvalue weighted by Gasteiger charge is -2.13. The van der Waals surface area contributed by atoms with Gasteiger partial charge in [0, 0.05) is 5.69 Å². The van der Waals surface area contributed by atoms with E-state index in [1.54, 1.807) is 25.1 Å². The molecule has 0 radical (unpaired) electrons. The van der Waals surface area contributed by atoms with Crippen LogP contribution in [0, 0.1) is 18.6 Å². The van der Waals surface area contributed by atoms with Gasteiger partial charge in [-0.1, -0.05) is 12.1 Å². The zero-order valence-electron chi connectivity index (χ0n) is 13.4. The summed E-state index contributed by atoms with van der Waals surface area (Å²) in [5.41, 5.74) is 3.34. The van der Waals surface area contributed by atoms with Gasteiger partial charge in [0.2, 0.25) is 0 Å². The molecule has 0 bridgehead atoms. The molecule has 3 rings (SSSR count). The van der Waals surface area contributed by atoms with Crippen LogP contribution in [0.5, 0.6) is 0 Å². The third-order valence-electron chi connectivity index (χ3n) is 3.87. The number of carboxylic acids is 1. The minimum Gasteiger partial charge on any atom is -0.478 e. The normalized spacial score (nSPS) is 10.5. The smallest absolute Gasteiger partial charge is 0.337 e. The maximum atomic E-state index is 13.3. The lowest BCUT2D eigenvalue weighted by Crippen LogP contribution is -2.03. The van der Waals surface area contributed by atoms with E-state index in [0.717, 1.165) is 16.7 Å². The first-order valence-electron chi connectivity index (χ1n) is 7.60. The summed E-state index contributed by atoms with van der Waals surface area (Å²) >= 11 is 0. The first-order valence-corrected chi connectivity index (χ1v) is 7.60. The fourth-order valence-electron chi connectivity index (χ4n) is 2.64. The van der Waals surface area contributed by atoms with E-state index in [4.69, 9.17) is 0 Å². The number of carboxylic acid groups (broad SMARTS) is 1. The van der Waals surface area contributed by atoms with Crippen molar-refractivity contribution >= 4 is 17.3 Å². The summed E-state index contributed by atoms with van der Waals surface area (Å²) in [6, 6.07) is 14.9. The van der Waals surface area contributed by atoms with Crippen LogP contribution >= 0.6 is 0 Å². The second-order valence-corrected chi connectivity index (χ2v) is 5.66. The third-order valence-corrected chi connectivity index (χ3v) is 3.87. The second kappa shape index (κ2) is 6.73. The molecular weight excluding hydrogens is 324 g/mol. The van der Waals surface area contributed by atoms with Crippen LogP contribution in [-0.2, 0) is 0 Å². The predicted octanol–water partition coefficient (Wildman–Crippen LogP) is 5.38. The Bertz CT molecular complexity index is 937. The van der Waals surface area contributed by atoms with E-state index < -0.39 is 5.97 Å². The molecule has 0 amide bonds. The molecule has 0 aromatic heterocycles. The van der Waals surface area contributed by atoms with Gasteiger partial charge in [-0.05, 0) is 72.1 Å². The van der Waals surface area contributed by atoms with E-state index >= 15 is 0 Å². The van der Waals surface area contributed by atoms with Gasteiger partial charge in [-0.3, -0.25) is 0 Å². The Balaban J connectivity index is 2.05. The van der Waals surface area contributed by atoms with E-state index in [9.17, 15) is 18.7 Å². The lowest BCUT2D eigenvalue weighted by atomic mass is 9.98. The van der Waals surface area contributed by atoms with E-state index in [1.807, 2.05) is 0 Å². The van der Waals surface area contributed by atoms with Gasteiger partial charge >= 0.3 is 5.97 Å². The van der Waals surface area contributed by atoms with Crippen LogP contribution in [0.2, 0.25) is 0 Å². The summed E-state index contributed by atoms with van der Waals surface area (Å²) in [6.07, 6.45) is 0. The molecule has 0 saturated carbocycles. The molecule has 3 nitrogen and oxygen atoms in total. The Kier molecular flexibility index (Phi) is 4.48. The Morgan fingerprint density at radius 1 is 0.920 bits per heavy atom. The van der Waals surface area contributed by atoms with Crippen molar-refractivity contribution in [1.29, 1.82) is 0 Å². The van der Waals surface area contributed by atoms with E-state index in [2.05, 4.69) is 5.32 Å². The number of nitrogens with one attached hydrogen (secondary N) is 1. The van der Waals surface area contributed by atoms with Crippen molar-refractivity contribution in [2.75, 3.05) is 5.32 Å². The van der Waals surface area contributed by atoms with Crippen LogP contribution in [0.25, 0.3) is 11.1 Å². The summed E-state index contributed by atoms with van der Waals surface area (Å²) in [6.45, 7) is 1.79. The van der Waals surface area contributed by atoms with Crippen molar-refractivity contribution < 1.29 is 18.7 Å². The molecular formula is C20H15F2NO2. The number of carbonyl (C=O) groups is 1. The molecule has 0 unspecified atom stereocenters. The number of benzene rings is 3. The molecule has 25 heavy (non-hydrogen) atoms. The summed E-state index contributed by atoms with van der Waals surface area (Å²) < 4.78 is 26.4. The molecule has 3 aromatic rings. The first-order chi connectivity index (χ1) is 11.9. The minimum absolute atomic E-state index is 0.0906. The Morgan fingerprint density at radius 3 is 2.24 bits per heavy atom. The monoisotopic (exact) mass is 339 g/mol. The van der Waals surface area contributed by atoms with Gasteiger partial charge in [0.05, 0.1) is 11.3 Å². The average Bonchev–Trinajstić information content (AvgIpc) is 2.57. The molecule has 0 fully saturated rings. The number of hydrogen-bond acceptors (Lipinski definition) is 2. The topological polar surface area (TPSA) is 49.3 Å². The summed E-state index contributed by atoms with van der Waals surface area (Å²) in [4.78, 5) is 11.5. The van der Waals surface area contributed by atoms with Gasteiger partial charge < -0.3 is 10.4 Å². The van der Waals surface area contributed by atoms with Gasteiger partial charge in [-0.2, -0.15) is 0 Å². The van der Waals surface area contributed by atoms with E-state index in [1.165, 1.54) is 42.5 Å². The number of rotatable bonds is 4. The van der Waals surface area contributed by atoms with Crippen molar-refractivity contribution in [3.63, 3.8) is 0 Å². The fraction of sp³-hybridized carbons (Fsp3) is 0.0500. The summed E-state index contributed by atoms with van der Waals surface area (Å²) in [7, 11) is 0. The number of halogens is 2. The van der Waals surface area contributed by atoms with Gasteiger partial charge in [0.25, 0.3) is 0 Å². The largest absolute Gasteiger partial charge is 0.478 e. The van der Waals surface area contributed by atoms with Crippen LogP contribution in [0.4, 0.5) is 20.2 Å². The van der Waals surface area contributed by atoms with Crippen molar-refractivity contribution in [3.8, 4) is 11.1 Å². The van der Waals surface area contributed by atoms with E-state index in [0.29, 0.717) is 11.4 Å². The zero-order valence-corrected chi connectivity index (χ0v) is 13.4. The fourth-order valence-corrected chi connectivity index (χ4v) is 2.64. The quantitative estimate of drug-likeness (QED) is 0.671. The Labute approximate surface area is 143 Å². The molecule has 0 aliphatic heterocycles. The Morgan fingerprint density at radius 2 is 1.60 bits per heavy atom. The molecule has 3 aromatic carbocycles. The van der Waals surface area contributed by atoms with Crippen molar-refractivity contribution in [1.82, 2.24) is 0 Å². The highest BCUT2D eigenvalue weighted by Gasteiger charge is 2.13. The molecule has 0 atom stereocenters. The number of aryl methyl sites for hydroxylation is 1. The van der Waals surface area contributed by atoms with Gasteiger partial charge in [0.15, 0.2) is 0 Å². The summed E-state index contributed by atoms with van der Waals surface area (Å²) in [5.74, 6) is -1.78. The maximum absolute atomic E-state index is 13.3. The molecule has 0 heterocycles. The molecule has 0 saturated heterocycles. The molecule has 2 N–H and O–H groups in total. The van der Waals surface area contributed by atoms with E-state index in [-0.39, 0.29) is 17.2 Å². The molecule has 126 valence electrons. The summed E-state index contributed by atoms with van der Waals surface area (Å²) in [5, 5.41) is 12.4. The molecule has 0 aliphatic rings. The molecule has 0 aliphatic carbocycles. The Hall–Kier alpha value is -3.21. The van der Waals surface area contributed by atoms with Crippen LogP contribution in [-0.4, -0.2) is 11.1 Å². The van der Waals surface area contributed by atoms with Crippen molar-refractivity contribution in [2.45, 2.75) is 6.92 Å². The van der Waals surface area contributed by atoms with Crippen molar-refractivity contribution in [2.24, 2.45) is 0 Å². The number of hydrogen-bond donors (Lipinski definition) is 2. The number of anilines is 2. The lowest BCUT2D eigenvalue weighted by molar-refractivity contribution is 0.0698. The second-order valence-electron chi connectivity index (χ2n) is 5.66. The standard InChI is InChI=1S/C20H15F2NO2/c1-12-10-15(22)5-9-17(12)13-2-8-18(20(24)25)19(11-13)23-16-6-3-14(21)4-7-16/h2-11,23H,1H3,(H,24,25). The van der Waals surface area contributed by atoms with Gasteiger partial charge in [0.1, 0.15) is 11.6 Å². The first kappa shape index (κ1) is 16.6. The average molecular weight is 339 g/mol. The number of aromatic carboxylic acids is 1. The molecule has 5 heteroatoms. The third kappa shape index (κ3) is 3.66. The highest BCUT2D eigenvalue weighted by atomic mass is 19.1. The van der Waals surface area contributed by atoms with Gasteiger partial charge in [-0.15, -0.1) is 0 Å².